The Bertz CT molecular complexity index is 1010. The number of benzene rings is 2. The summed E-state index contributed by atoms with van der Waals surface area (Å²) >= 11 is 6.01. The molecule has 0 aliphatic rings. The van der Waals surface area contributed by atoms with Crippen LogP contribution in [0.1, 0.15) is 36.7 Å². The monoisotopic (exact) mass is 474 g/mol. The van der Waals surface area contributed by atoms with E-state index < -0.39 is 22.8 Å². The number of hydrogen-bond acceptors (Lipinski definition) is 5. The van der Waals surface area contributed by atoms with Gasteiger partial charge in [0.25, 0.3) is 11.6 Å². The van der Waals surface area contributed by atoms with Crippen molar-refractivity contribution in [2.75, 3.05) is 13.1 Å². The van der Waals surface area contributed by atoms with Gasteiger partial charge in [0.2, 0.25) is 11.8 Å². The zero-order valence-electron chi connectivity index (χ0n) is 18.7. The van der Waals surface area contributed by atoms with Crippen molar-refractivity contribution in [1.82, 2.24) is 15.5 Å². The molecule has 0 spiro atoms. The van der Waals surface area contributed by atoms with Crippen molar-refractivity contribution in [3.63, 3.8) is 0 Å². The van der Waals surface area contributed by atoms with E-state index in [1.54, 1.807) is 18.7 Å². The van der Waals surface area contributed by atoms with Crippen LogP contribution in [-0.2, 0) is 16.1 Å². The predicted molar refractivity (Wildman–Crippen MR) is 125 cm³/mol. The van der Waals surface area contributed by atoms with Gasteiger partial charge in [-0.1, -0.05) is 55.8 Å². The van der Waals surface area contributed by atoms with Crippen molar-refractivity contribution in [3.8, 4) is 0 Å². The molecule has 0 bridgehead atoms. The summed E-state index contributed by atoms with van der Waals surface area (Å²) < 4.78 is 0. The molecule has 0 saturated heterocycles. The normalized spacial score (nSPS) is 11.5. The molecule has 2 aromatic rings. The Morgan fingerprint density at radius 3 is 2.33 bits per heavy atom. The van der Waals surface area contributed by atoms with Crippen molar-refractivity contribution < 1.29 is 19.3 Å². The number of carbonyl (C=O) groups is 3. The van der Waals surface area contributed by atoms with Gasteiger partial charge in [-0.05, 0) is 24.5 Å². The zero-order valence-corrected chi connectivity index (χ0v) is 19.5. The van der Waals surface area contributed by atoms with Gasteiger partial charge < -0.3 is 15.5 Å². The van der Waals surface area contributed by atoms with Gasteiger partial charge in [-0.3, -0.25) is 24.5 Å². The summed E-state index contributed by atoms with van der Waals surface area (Å²) in [5.74, 6) is -1.69. The number of rotatable bonds is 10. The third-order valence-electron chi connectivity index (χ3n) is 5.01. The molecule has 0 saturated carbocycles. The maximum Gasteiger partial charge on any atom is 0.270 e. The van der Waals surface area contributed by atoms with Crippen LogP contribution in [-0.4, -0.2) is 46.7 Å². The fourth-order valence-corrected chi connectivity index (χ4v) is 3.38. The highest BCUT2D eigenvalue weighted by atomic mass is 35.5. The summed E-state index contributed by atoms with van der Waals surface area (Å²) in [5, 5.41) is 15.9. The van der Waals surface area contributed by atoms with Crippen LogP contribution in [0, 0.1) is 16.0 Å². The van der Waals surface area contributed by atoms with Crippen LogP contribution in [0.2, 0.25) is 5.02 Å². The van der Waals surface area contributed by atoms with Gasteiger partial charge in [-0.2, -0.15) is 0 Å². The minimum Gasteiger partial charge on any atom is -0.345 e. The zero-order chi connectivity index (χ0) is 24.5. The number of halogens is 1. The summed E-state index contributed by atoms with van der Waals surface area (Å²) in [6.07, 6.45) is 0. The summed E-state index contributed by atoms with van der Waals surface area (Å²) in [6.45, 7) is 6.04. The van der Waals surface area contributed by atoms with Crippen molar-refractivity contribution in [1.29, 1.82) is 0 Å². The molecule has 33 heavy (non-hydrogen) atoms. The SMILES string of the molecule is CCN(Cc1ccccc1)C(=O)CNC(=O)C(NC(=O)c1ccc([N+](=O)[O-])cc1Cl)C(C)C. The Balaban J connectivity index is 2.01. The minimum absolute atomic E-state index is 0.0109. The second-order valence-corrected chi connectivity index (χ2v) is 8.13. The van der Waals surface area contributed by atoms with Crippen LogP contribution in [0.25, 0.3) is 0 Å². The van der Waals surface area contributed by atoms with E-state index in [-0.39, 0.29) is 34.6 Å². The van der Waals surface area contributed by atoms with Gasteiger partial charge in [0, 0.05) is 25.2 Å². The van der Waals surface area contributed by atoms with Crippen molar-refractivity contribution >= 4 is 35.0 Å². The van der Waals surface area contributed by atoms with E-state index in [0.717, 1.165) is 17.7 Å². The molecule has 10 heteroatoms. The van der Waals surface area contributed by atoms with Gasteiger partial charge >= 0.3 is 0 Å². The average molecular weight is 475 g/mol. The highest BCUT2D eigenvalue weighted by Gasteiger charge is 2.27. The highest BCUT2D eigenvalue weighted by molar-refractivity contribution is 6.34. The van der Waals surface area contributed by atoms with Crippen molar-refractivity contribution in [2.45, 2.75) is 33.4 Å². The lowest BCUT2D eigenvalue weighted by Gasteiger charge is -2.24. The third kappa shape index (κ3) is 7.28. The number of amides is 3. The van der Waals surface area contributed by atoms with E-state index in [1.807, 2.05) is 37.3 Å². The molecule has 0 aliphatic heterocycles. The Morgan fingerprint density at radius 1 is 1.12 bits per heavy atom. The first-order valence-electron chi connectivity index (χ1n) is 10.5. The summed E-state index contributed by atoms with van der Waals surface area (Å²) in [7, 11) is 0. The molecule has 9 nitrogen and oxygen atoms in total. The number of nitro groups is 1. The number of nitrogens with one attached hydrogen (secondary N) is 2. The first-order chi connectivity index (χ1) is 15.6. The van der Waals surface area contributed by atoms with E-state index in [2.05, 4.69) is 10.6 Å². The Kier molecular flexibility index (Phi) is 9.35. The van der Waals surface area contributed by atoms with Gasteiger partial charge in [0.1, 0.15) is 6.04 Å². The lowest BCUT2D eigenvalue weighted by Crippen LogP contribution is -2.51. The van der Waals surface area contributed by atoms with E-state index in [9.17, 15) is 24.5 Å². The summed E-state index contributed by atoms with van der Waals surface area (Å²) in [6, 6.07) is 12.1. The molecule has 2 N–H and O–H groups in total. The van der Waals surface area contributed by atoms with Gasteiger partial charge in [0.05, 0.1) is 22.1 Å². The molecule has 0 fully saturated rings. The molecule has 0 radical (unpaired) electrons. The Morgan fingerprint density at radius 2 is 1.79 bits per heavy atom. The van der Waals surface area contributed by atoms with Crippen LogP contribution >= 0.6 is 11.6 Å². The van der Waals surface area contributed by atoms with Gasteiger partial charge in [-0.15, -0.1) is 0 Å². The summed E-state index contributed by atoms with van der Waals surface area (Å²) in [4.78, 5) is 49.8. The molecule has 0 aliphatic carbocycles. The molecule has 0 heterocycles. The lowest BCUT2D eigenvalue weighted by molar-refractivity contribution is -0.384. The standard InChI is InChI=1S/C23H27ClN4O5/c1-4-27(14-16-8-6-5-7-9-16)20(29)13-25-23(31)21(15(2)3)26-22(30)18-11-10-17(28(32)33)12-19(18)24/h5-12,15,21H,4,13-14H2,1-3H3,(H,25,31)(H,26,30). The number of hydrogen-bond donors (Lipinski definition) is 2. The molecule has 2 rings (SSSR count). The van der Waals surface area contributed by atoms with Crippen LogP contribution < -0.4 is 10.6 Å². The van der Waals surface area contributed by atoms with Gasteiger partial charge in [-0.25, -0.2) is 0 Å². The summed E-state index contributed by atoms with van der Waals surface area (Å²) in [5.41, 5.74) is 0.743. The number of nitro benzene ring substituents is 1. The highest BCUT2D eigenvalue weighted by Crippen LogP contribution is 2.22. The Hall–Kier alpha value is -3.46. The molecular weight excluding hydrogens is 448 g/mol. The van der Waals surface area contributed by atoms with Crippen LogP contribution in [0.5, 0.6) is 0 Å². The lowest BCUT2D eigenvalue weighted by atomic mass is 10.0. The van der Waals surface area contributed by atoms with Crippen LogP contribution in [0.15, 0.2) is 48.5 Å². The topological polar surface area (TPSA) is 122 Å². The van der Waals surface area contributed by atoms with E-state index in [1.165, 1.54) is 6.07 Å². The molecule has 1 unspecified atom stereocenters. The van der Waals surface area contributed by atoms with Gasteiger partial charge in [0.15, 0.2) is 0 Å². The van der Waals surface area contributed by atoms with Crippen LogP contribution in [0.3, 0.4) is 0 Å². The quantitative estimate of drug-likeness (QED) is 0.404. The second-order valence-electron chi connectivity index (χ2n) is 7.73. The van der Waals surface area contributed by atoms with E-state index >= 15 is 0 Å². The molecule has 2 aromatic carbocycles. The fraction of sp³-hybridized carbons (Fsp3) is 0.348. The maximum absolute atomic E-state index is 12.7. The third-order valence-corrected chi connectivity index (χ3v) is 5.32. The van der Waals surface area contributed by atoms with Crippen molar-refractivity contribution in [2.24, 2.45) is 5.92 Å². The van der Waals surface area contributed by atoms with E-state index in [4.69, 9.17) is 11.6 Å². The first-order valence-corrected chi connectivity index (χ1v) is 10.9. The average Bonchev–Trinajstić information content (AvgIpc) is 2.79. The largest absolute Gasteiger partial charge is 0.345 e. The number of likely N-dealkylation sites (N-methyl/N-ethyl adjacent to an activating group) is 1. The number of non-ortho nitro benzene ring substituents is 1. The first kappa shape index (κ1) is 25.8. The smallest absolute Gasteiger partial charge is 0.270 e. The molecule has 0 aromatic heterocycles. The fourth-order valence-electron chi connectivity index (χ4n) is 3.12. The van der Waals surface area contributed by atoms with E-state index in [0.29, 0.717) is 13.1 Å². The number of nitrogens with zero attached hydrogens (tertiary/aromatic N) is 2. The molecule has 176 valence electrons. The molecule has 3 amide bonds. The number of carbonyl (C=O) groups excluding carboxylic acids is 3. The maximum atomic E-state index is 12.7. The predicted octanol–water partition coefficient (Wildman–Crippen LogP) is 3.17. The van der Waals surface area contributed by atoms with Crippen LogP contribution in [0.4, 0.5) is 5.69 Å². The second kappa shape index (κ2) is 12.0. The van der Waals surface area contributed by atoms with Crippen molar-refractivity contribution in [3.05, 3.63) is 74.8 Å². The minimum atomic E-state index is -0.930. The Labute approximate surface area is 197 Å². The molecular formula is C23H27ClN4O5. The molecule has 1 atom stereocenters.